The van der Waals surface area contributed by atoms with Gasteiger partial charge in [0.2, 0.25) is 0 Å². The minimum Gasteiger partial charge on any atom is -0.494 e. The molecular formula is C13H14FNO. The van der Waals surface area contributed by atoms with Gasteiger partial charge in [-0.3, -0.25) is 0 Å². The van der Waals surface area contributed by atoms with Crippen molar-refractivity contribution in [3.63, 3.8) is 0 Å². The van der Waals surface area contributed by atoms with Gasteiger partial charge in [0, 0.05) is 23.1 Å². The zero-order chi connectivity index (χ0) is 11.7. The molecule has 0 unspecified atom stereocenters. The molecule has 0 bridgehead atoms. The van der Waals surface area contributed by atoms with Crippen LogP contribution >= 0.6 is 0 Å². The standard InChI is InChI=1S/C13H14FNO/c1-9-4-5-10(2)15(9)11-6-7-12(14)13(8-11)16-3/h4-8H,1-3H3. The summed E-state index contributed by atoms with van der Waals surface area (Å²) in [5.74, 6) is -0.0706. The summed E-state index contributed by atoms with van der Waals surface area (Å²) in [4.78, 5) is 0. The number of halogens is 1. The Hall–Kier alpha value is -1.77. The molecule has 0 saturated heterocycles. The summed E-state index contributed by atoms with van der Waals surface area (Å²) in [7, 11) is 1.47. The Balaban J connectivity index is 2.57. The third-order valence-electron chi connectivity index (χ3n) is 2.66. The molecule has 0 aliphatic heterocycles. The Morgan fingerprint density at radius 1 is 1.06 bits per heavy atom. The van der Waals surface area contributed by atoms with Crippen LogP contribution in [0.15, 0.2) is 30.3 Å². The highest BCUT2D eigenvalue weighted by molar-refractivity contribution is 5.43. The molecule has 0 N–H and O–H groups in total. The topological polar surface area (TPSA) is 14.2 Å². The Bertz CT molecular complexity index is 497. The monoisotopic (exact) mass is 219 g/mol. The minimum absolute atomic E-state index is 0.269. The molecule has 0 aliphatic rings. The van der Waals surface area contributed by atoms with Crippen molar-refractivity contribution in [2.75, 3.05) is 7.11 Å². The molecule has 16 heavy (non-hydrogen) atoms. The maximum Gasteiger partial charge on any atom is 0.165 e. The quantitative estimate of drug-likeness (QED) is 0.756. The summed E-state index contributed by atoms with van der Waals surface area (Å²) in [5.41, 5.74) is 3.15. The van der Waals surface area contributed by atoms with Crippen molar-refractivity contribution < 1.29 is 9.13 Å². The second kappa shape index (κ2) is 4.00. The van der Waals surface area contributed by atoms with Crippen LogP contribution < -0.4 is 4.74 Å². The lowest BCUT2D eigenvalue weighted by molar-refractivity contribution is 0.386. The predicted octanol–water partition coefficient (Wildman–Crippen LogP) is 3.24. The summed E-state index contributed by atoms with van der Waals surface area (Å²) in [6, 6.07) is 8.94. The van der Waals surface area contributed by atoms with Gasteiger partial charge in [0.25, 0.3) is 0 Å². The Morgan fingerprint density at radius 3 is 2.25 bits per heavy atom. The summed E-state index contributed by atoms with van der Waals surface area (Å²) in [5, 5.41) is 0. The van der Waals surface area contributed by atoms with Crippen LogP contribution in [0.25, 0.3) is 5.69 Å². The van der Waals surface area contributed by atoms with Crippen LogP contribution in [0.1, 0.15) is 11.4 Å². The van der Waals surface area contributed by atoms with E-state index in [9.17, 15) is 4.39 Å². The molecule has 0 saturated carbocycles. The van der Waals surface area contributed by atoms with Crippen molar-refractivity contribution in [1.29, 1.82) is 0 Å². The Kier molecular flexibility index (Phi) is 2.69. The zero-order valence-corrected chi connectivity index (χ0v) is 9.62. The van der Waals surface area contributed by atoms with E-state index < -0.39 is 0 Å². The van der Waals surface area contributed by atoms with Gasteiger partial charge in [-0.05, 0) is 38.1 Å². The van der Waals surface area contributed by atoms with Crippen LogP contribution in [0.4, 0.5) is 4.39 Å². The molecule has 2 aromatic rings. The first-order valence-electron chi connectivity index (χ1n) is 5.12. The maximum atomic E-state index is 13.3. The molecule has 3 heteroatoms. The summed E-state index contributed by atoms with van der Waals surface area (Å²) in [6.07, 6.45) is 0. The van der Waals surface area contributed by atoms with E-state index in [0.717, 1.165) is 17.1 Å². The molecule has 2 nitrogen and oxygen atoms in total. The van der Waals surface area contributed by atoms with E-state index in [1.165, 1.54) is 13.2 Å². The van der Waals surface area contributed by atoms with Gasteiger partial charge < -0.3 is 9.30 Å². The molecule has 0 spiro atoms. The van der Waals surface area contributed by atoms with Crippen molar-refractivity contribution in [2.24, 2.45) is 0 Å². The van der Waals surface area contributed by atoms with Crippen LogP contribution in [0.5, 0.6) is 5.75 Å². The molecule has 0 atom stereocenters. The largest absolute Gasteiger partial charge is 0.494 e. The fraction of sp³-hybridized carbons (Fsp3) is 0.231. The number of hydrogen-bond acceptors (Lipinski definition) is 1. The van der Waals surface area contributed by atoms with Gasteiger partial charge in [-0.15, -0.1) is 0 Å². The van der Waals surface area contributed by atoms with E-state index in [1.54, 1.807) is 12.1 Å². The molecule has 84 valence electrons. The summed E-state index contributed by atoms with van der Waals surface area (Å²) < 4.78 is 20.3. The zero-order valence-electron chi connectivity index (χ0n) is 9.62. The lowest BCUT2D eigenvalue weighted by atomic mass is 10.2. The number of ether oxygens (including phenoxy) is 1. The third-order valence-corrected chi connectivity index (χ3v) is 2.66. The van der Waals surface area contributed by atoms with E-state index in [-0.39, 0.29) is 11.6 Å². The van der Waals surface area contributed by atoms with Gasteiger partial charge in [0.1, 0.15) is 0 Å². The van der Waals surface area contributed by atoms with E-state index >= 15 is 0 Å². The van der Waals surface area contributed by atoms with E-state index in [1.807, 2.05) is 26.0 Å². The van der Waals surface area contributed by atoms with Crippen LogP contribution in [0.2, 0.25) is 0 Å². The molecule has 0 fully saturated rings. The van der Waals surface area contributed by atoms with Gasteiger partial charge in [0.05, 0.1) is 7.11 Å². The number of methoxy groups -OCH3 is 1. The van der Waals surface area contributed by atoms with Crippen LogP contribution in [0.3, 0.4) is 0 Å². The first kappa shape index (κ1) is 10.7. The molecule has 2 rings (SSSR count). The fourth-order valence-electron chi connectivity index (χ4n) is 1.86. The van der Waals surface area contributed by atoms with Gasteiger partial charge in [-0.2, -0.15) is 0 Å². The van der Waals surface area contributed by atoms with Crippen LogP contribution in [-0.4, -0.2) is 11.7 Å². The summed E-state index contributed by atoms with van der Waals surface area (Å²) >= 11 is 0. The lowest BCUT2D eigenvalue weighted by Crippen LogP contribution is -2.00. The molecule has 1 heterocycles. The Labute approximate surface area is 94.3 Å². The first-order chi connectivity index (χ1) is 7.63. The smallest absolute Gasteiger partial charge is 0.165 e. The van der Waals surface area contributed by atoms with E-state index in [0.29, 0.717) is 0 Å². The minimum atomic E-state index is -0.339. The van der Waals surface area contributed by atoms with E-state index in [4.69, 9.17) is 4.74 Å². The normalized spacial score (nSPS) is 10.5. The van der Waals surface area contributed by atoms with Gasteiger partial charge in [-0.25, -0.2) is 4.39 Å². The van der Waals surface area contributed by atoms with Gasteiger partial charge >= 0.3 is 0 Å². The molecular weight excluding hydrogens is 205 g/mol. The highest BCUT2D eigenvalue weighted by Crippen LogP contribution is 2.23. The van der Waals surface area contributed by atoms with Crippen molar-refractivity contribution in [2.45, 2.75) is 13.8 Å². The number of benzene rings is 1. The van der Waals surface area contributed by atoms with Gasteiger partial charge in [-0.1, -0.05) is 0 Å². The number of aromatic nitrogens is 1. The predicted molar refractivity (Wildman–Crippen MR) is 61.8 cm³/mol. The van der Waals surface area contributed by atoms with E-state index in [2.05, 4.69) is 4.57 Å². The highest BCUT2D eigenvalue weighted by atomic mass is 19.1. The van der Waals surface area contributed by atoms with Crippen molar-refractivity contribution in [3.05, 3.63) is 47.5 Å². The molecule has 1 aromatic heterocycles. The SMILES string of the molecule is COc1cc(-n2c(C)ccc2C)ccc1F. The molecule has 0 aliphatic carbocycles. The fourth-order valence-corrected chi connectivity index (χ4v) is 1.86. The maximum absolute atomic E-state index is 13.3. The number of aryl methyl sites for hydroxylation is 2. The number of hydrogen-bond donors (Lipinski definition) is 0. The third kappa shape index (κ3) is 1.69. The van der Waals surface area contributed by atoms with Crippen molar-refractivity contribution in [1.82, 2.24) is 4.57 Å². The number of nitrogens with zero attached hydrogens (tertiary/aromatic N) is 1. The second-order valence-corrected chi connectivity index (χ2v) is 3.77. The van der Waals surface area contributed by atoms with Crippen molar-refractivity contribution in [3.8, 4) is 11.4 Å². The van der Waals surface area contributed by atoms with Gasteiger partial charge in [0.15, 0.2) is 11.6 Å². The summed E-state index contributed by atoms with van der Waals surface area (Å²) in [6.45, 7) is 4.03. The number of rotatable bonds is 2. The second-order valence-electron chi connectivity index (χ2n) is 3.77. The van der Waals surface area contributed by atoms with Crippen LogP contribution in [-0.2, 0) is 0 Å². The Morgan fingerprint density at radius 2 is 1.69 bits per heavy atom. The lowest BCUT2D eigenvalue weighted by Gasteiger charge is -2.11. The highest BCUT2D eigenvalue weighted by Gasteiger charge is 2.07. The average molecular weight is 219 g/mol. The molecule has 0 radical (unpaired) electrons. The van der Waals surface area contributed by atoms with Crippen molar-refractivity contribution >= 4 is 0 Å². The molecule has 1 aromatic carbocycles. The average Bonchev–Trinajstić information content (AvgIpc) is 2.60. The first-order valence-corrected chi connectivity index (χ1v) is 5.12. The molecule has 0 amide bonds. The van der Waals surface area contributed by atoms with Crippen LogP contribution in [0, 0.1) is 19.7 Å².